The van der Waals surface area contributed by atoms with Gasteiger partial charge in [0.25, 0.3) is 0 Å². The molecule has 1 amide bonds. The van der Waals surface area contributed by atoms with E-state index in [-0.39, 0.29) is 29.3 Å². The number of nitrogens with one attached hydrogen (secondary N) is 1. The van der Waals surface area contributed by atoms with Gasteiger partial charge < -0.3 is 19.7 Å². The molecule has 0 spiro atoms. The molecule has 0 saturated carbocycles. The molecular weight excluding hydrogens is 380 g/mol. The van der Waals surface area contributed by atoms with E-state index < -0.39 is 11.9 Å². The number of carbonyl (C=O) groups is 3. The second-order valence-corrected chi connectivity index (χ2v) is 7.17. The Labute approximate surface area is 167 Å². The topological polar surface area (TPSA) is 84.9 Å². The van der Waals surface area contributed by atoms with Gasteiger partial charge in [-0.2, -0.15) is 0 Å². The predicted octanol–water partition coefficient (Wildman–Crippen LogP) is 2.81. The van der Waals surface area contributed by atoms with Gasteiger partial charge in [-0.25, -0.2) is 9.59 Å². The second kappa shape index (κ2) is 8.79. The predicted molar refractivity (Wildman–Crippen MR) is 107 cm³/mol. The van der Waals surface area contributed by atoms with Gasteiger partial charge in [-0.15, -0.1) is 11.8 Å². The molecule has 0 radical (unpaired) electrons. The van der Waals surface area contributed by atoms with E-state index in [1.165, 1.54) is 32.4 Å². The summed E-state index contributed by atoms with van der Waals surface area (Å²) in [6.07, 6.45) is 0. The van der Waals surface area contributed by atoms with Gasteiger partial charge in [0, 0.05) is 17.2 Å². The van der Waals surface area contributed by atoms with Gasteiger partial charge >= 0.3 is 11.9 Å². The normalized spacial score (nSPS) is 12.7. The summed E-state index contributed by atoms with van der Waals surface area (Å²) in [6, 6.07) is 12.2. The maximum Gasteiger partial charge on any atom is 0.339 e. The number of methoxy groups -OCH3 is 2. The molecule has 28 heavy (non-hydrogen) atoms. The first kappa shape index (κ1) is 19.8. The Morgan fingerprint density at radius 2 is 1.82 bits per heavy atom. The van der Waals surface area contributed by atoms with Crippen LogP contribution in [0.1, 0.15) is 20.7 Å². The zero-order chi connectivity index (χ0) is 20.1. The van der Waals surface area contributed by atoms with Crippen LogP contribution < -0.4 is 10.2 Å². The lowest BCUT2D eigenvalue weighted by atomic mass is 10.1. The Morgan fingerprint density at radius 3 is 2.57 bits per heavy atom. The monoisotopic (exact) mass is 400 g/mol. The van der Waals surface area contributed by atoms with Crippen LogP contribution in [0.2, 0.25) is 0 Å². The molecule has 1 aliphatic rings. The van der Waals surface area contributed by atoms with Gasteiger partial charge in [0.1, 0.15) is 0 Å². The zero-order valence-corrected chi connectivity index (χ0v) is 16.4. The van der Waals surface area contributed by atoms with Crippen LogP contribution in [-0.4, -0.2) is 50.9 Å². The van der Waals surface area contributed by atoms with Crippen LogP contribution in [0.3, 0.4) is 0 Å². The highest BCUT2D eigenvalue weighted by molar-refractivity contribution is 7.99. The standard InChI is InChI=1S/C20H20N2O5S/c1-26-19(24)13-7-8-14(20(25)27-2)15(11-13)21-18(23)12-22-9-10-28-17-6-4-3-5-16(17)22/h3-8,11H,9-10,12H2,1-2H3,(H,21,23). The van der Waals surface area contributed by atoms with Crippen molar-refractivity contribution in [1.29, 1.82) is 0 Å². The molecule has 0 unspecified atom stereocenters. The maximum atomic E-state index is 12.7. The van der Waals surface area contributed by atoms with Crippen LogP contribution in [0.15, 0.2) is 47.4 Å². The van der Waals surface area contributed by atoms with E-state index >= 15 is 0 Å². The van der Waals surface area contributed by atoms with Gasteiger partial charge in [-0.3, -0.25) is 4.79 Å². The lowest BCUT2D eigenvalue weighted by Crippen LogP contribution is -2.37. The molecule has 3 rings (SSSR count). The lowest BCUT2D eigenvalue weighted by molar-refractivity contribution is -0.115. The summed E-state index contributed by atoms with van der Waals surface area (Å²) < 4.78 is 9.47. The maximum absolute atomic E-state index is 12.7. The van der Waals surface area contributed by atoms with Crippen molar-refractivity contribution in [1.82, 2.24) is 0 Å². The third kappa shape index (κ3) is 4.28. The minimum atomic E-state index is -0.605. The number of carbonyl (C=O) groups excluding carboxylic acids is 3. The van der Waals surface area contributed by atoms with E-state index in [4.69, 9.17) is 9.47 Å². The molecule has 8 heteroatoms. The first-order valence-corrected chi connectivity index (χ1v) is 9.59. The molecule has 0 aromatic heterocycles. The molecule has 1 aliphatic heterocycles. The first-order valence-electron chi connectivity index (χ1n) is 8.60. The fourth-order valence-corrected chi connectivity index (χ4v) is 3.99. The van der Waals surface area contributed by atoms with E-state index in [1.54, 1.807) is 11.8 Å². The highest BCUT2D eigenvalue weighted by Crippen LogP contribution is 2.34. The molecule has 0 aliphatic carbocycles. The SMILES string of the molecule is COC(=O)c1ccc(C(=O)OC)c(NC(=O)CN2CCSc3ccccc32)c1. The van der Waals surface area contributed by atoms with Gasteiger partial charge in [-0.05, 0) is 30.3 Å². The van der Waals surface area contributed by atoms with Crippen molar-refractivity contribution in [2.24, 2.45) is 0 Å². The average molecular weight is 400 g/mol. The summed E-state index contributed by atoms with van der Waals surface area (Å²) in [5, 5.41) is 2.73. The van der Waals surface area contributed by atoms with E-state index in [2.05, 4.69) is 5.32 Å². The van der Waals surface area contributed by atoms with Gasteiger partial charge in [0.05, 0.1) is 43.3 Å². The Morgan fingerprint density at radius 1 is 1.07 bits per heavy atom. The van der Waals surface area contributed by atoms with E-state index in [1.807, 2.05) is 29.2 Å². The number of esters is 2. The van der Waals surface area contributed by atoms with Crippen LogP contribution >= 0.6 is 11.8 Å². The number of anilines is 2. The van der Waals surface area contributed by atoms with E-state index in [0.717, 1.165) is 22.9 Å². The Balaban J connectivity index is 1.81. The number of benzene rings is 2. The van der Waals surface area contributed by atoms with Gasteiger partial charge in [0.2, 0.25) is 5.91 Å². The van der Waals surface area contributed by atoms with Crippen LogP contribution in [0.5, 0.6) is 0 Å². The number of fused-ring (bicyclic) bond motifs is 1. The summed E-state index contributed by atoms with van der Waals surface area (Å²) in [6.45, 7) is 0.863. The smallest absolute Gasteiger partial charge is 0.339 e. The zero-order valence-electron chi connectivity index (χ0n) is 15.6. The third-order valence-electron chi connectivity index (χ3n) is 4.28. The Hall–Kier alpha value is -3.00. The molecule has 0 atom stereocenters. The summed E-state index contributed by atoms with van der Waals surface area (Å²) in [4.78, 5) is 39.6. The second-order valence-electron chi connectivity index (χ2n) is 6.03. The van der Waals surface area contributed by atoms with E-state index in [9.17, 15) is 14.4 Å². The molecule has 1 heterocycles. The molecule has 0 fully saturated rings. The lowest BCUT2D eigenvalue weighted by Gasteiger charge is -2.30. The van der Waals surface area contributed by atoms with Crippen molar-refractivity contribution in [2.45, 2.75) is 4.90 Å². The molecule has 2 aromatic rings. The number of hydrogen-bond donors (Lipinski definition) is 1. The third-order valence-corrected chi connectivity index (χ3v) is 5.32. The van der Waals surface area contributed by atoms with Crippen LogP contribution in [0.25, 0.3) is 0 Å². The summed E-state index contributed by atoms with van der Waals surface area (Å²) in [7, 11) is 2.52. The highest BCUT2D eigenvalue weighted by atomic mass is 32.2. The van der Waals surface area contributed by atoms with Crippen molar-refractivity contribution in [3.63, 3.8) is 0 Å². The highest BCUT2D eigenvalue weighted by Gasteiger charge is 2.21. The Kier molecular flexibility index (Phi) is 6.20. The molecule has 0 bridgehead atoms. The molecular formula is C20H20N2O5S. The Bertz CT molecular complexity index is 915. The van der Waals surface area contributed by atoms with Crippen molar-refractivity contribution >= 4 is 41.0 Å². The molecule has 0 saturated heterocycles. The van der Waals surface area contributed by atoms with Crippen molar-refractivity contribution in [3.05, 3.63) is 53.6 Å². The number of nitrogens with zero attached hydrogens (tertiary/aromatic N) is 1. The number of thioether (sulfide) groups is 1. The van der Waals surface area contributed by atoms with Crippen LogP contribution in [0, 0.1) is 0 Å². The number of para-hydroxylation sites is 1. The number of ether oxygens (including phenoxy) is 2. The summed E-state index contributed by atoms with van der Waals surface area (Å²) >= 11 is 1.75. The fourth-order valence-electron chi connectivity index (χ4n) is 2.93. The fraction of sp³-hybridized carbons (Fsp3) is 0.250. The average Bonchev–Trinajstić information content (AvgIpc) is 2.72. The molecule has 7 nitrogen and oxygen atoms in total. The summed E-state index contributed by atoms with van der Waals surface area (Å²) in [5.74, 6) is -0.579. The van der Waals surface area contributed by atoms with Crippen LogP contribution in [-0.2, 0) is 14.3 Å². The molecule has 1 N–H and O–H groups in total. The minimum absolute atomic E-state index is 0.126. The summed E-state index contributed by atoms with van der Waals surface area (Å²) in [5.41, 5.74) is 1.60. The van der Waals surface area contributed by atoms with Crippen molar-refractivity contribution in [3.8, 4) is 0 Å². The molecule has 146 valence electrons. The number of hydrogen-bond acceptors (Lipinski definition) is 7. The van der Waals surface area contributed by atoms with Crippen molar-refractivity contribution < 1.29 is 23.9 Å². The first-order chi connectivity index (χ1) is 13.5. The van der Waals surface area contributed by atoms with E-state index in [0.29, 0.717) is 0 Å². The van der Waals surface area contributed by atoms with Crippen LogP contribution in [0.4, 0.5) is 11.4 Å². The van der Waals surface area contributed by atoms with Crippen molar-refractivity contribution in [2.75, 3.05) is 43.3 Å². The largest absolute Gasteiger partial charge is 0.465 e. The van der Waals surface area contributed by atoms with Gasteiger partial charge in [-0.1, -0.05) is 12.1 Å². The molecule has 2 aromatic carbocycles. The van der Waals surface area contributed by atoms with Gasteiger partial charge in [0.15, 0.2) is 0 Å². The minimum Gasteiger partial charge on any atom is -0.465 e. The number of rotatable bonds is 5. The quantitative estimate of drug-likeness (QED) is 0.773. The number of amides is 1.